The Hall–Kier alpha value is -4.06. The second kappa shape index (κ2) is 6.28. The van der Waals surface area contributed by atoms with Crippen molar-refractivity contribution in [2.75, 3.05) is 18.5 Å². The quantitative estimate of drug-likeness (QED) is 0.567. The van der Waals surface area contributed by atoms with Gasteiger partial charge in [0.25, 0.3) is 0 Å². The smallest absolute Gasteiger partial charge is 0.229 e. The third kappa shape index (κ3) is 2.51. The maximum atomic E-state index is 9.11. The first-order valence-corrected chi connectivity index (χ1v) is 8.67. The SMILES string of the molecule is Cn1nccc1-c1ccc(Nc2ncc3c(C#N)c[nH]c3n2)c2c1OCCO2. The van der Waals surface area contributed by atoms with E-state index in [1.807, 2.05) is 25.2 Å². The topological polar surface area (TPSA) is 114 Å². The van der Waals surface area contributed by atoms with Crippen LogP contribution in [0.2, 0.25) is 0 Å². The minimum atomic E-state index is 0.392. The molecule has 0 fully saturated rings. The number of aryl methyl sites for hydroxylation is 1. The van der Waals surface area contributed by atoms with Crippen LogP contribution in [0, 0.1) is 11.3 Å². The summed E-state index contributed by atoms with van der Waals surface area (Å²) in [5, 5.41) is 17.2. The van der Waals surface area contributed by atoms with Gasteiger partial charge in [-0.2, -0.15) is 15.3 Å². The number of aromatic nitrogens is 5. The number of nitrogens with zero attached hydrogens (tertiary/aromatic N) is 5. The zero-order chi connectivity index (χ0) is 19.1. The van der Waals surface area contributed by atoms with E-state index >= 15 is 0 Å². The van der Waals surface area contributed by atoms with Gasteiger partial charge in [-0.25, -0.2) is 4.98 Å². The second-order valence-corrected chi connectivity index (χ2v) is 6.25. The van der Waals surface area contributed by atoms with Crippen molar-refractivity contribution in [3.63, 3.8) is 0 Å². The van der Waals surface area contributed by atoms with Crippen molar-refractivity contribution < 1.29 is 9.47 Å². The van der Waals surface area contributed by atoms with E-state index in [2.05, 4.69) is 31.4 Å². The number of ether oxygens (including phenoxy) is 2. The van der Waals surface area contributed by atoms with Gasteiger partial charge in [0.2, 0.25) is 5.95 Å². The number of hydrogen-bond donors (Lipinski definition) is 2. The largest absolute Gasteiger partial charge is 0.485 e. The molecule has 0 saturated heterocycles. The molecule has 0 aliphatic carbocycles. The molecule has 138 valence electrons. The number of anilines is 2. The van der Waals surface area contributed by atoms with Crippen LogP contribution in [0.25, 0.3) is 22.3 Å². The molecule has 0 radical (unpaired) electrons. The van der Waals surface area contributed by atoms with E-state index in [0.29, 0.717) is 52.9 Å². The first-order chi connectivity index (χ1) is 13.7. The predicted molar refractivity (Wildman–Crippen MR) is 102 cm³/mol. The van der Waals surface area contributed by atoms with Gasteiger partial charge < -0.3 is 19.8 Å². The zero-order valence-corrected chi connectivity index (χ0v) is 14.9. The molecular formula is C19H15N7O2. The summed E-state index contributed by atoms with van der Waals surface area (Å²) < 4.78 is 13.6. The van der Waals surface area contributed by atoms with Crippen LogP contribution in [0.1, 0.15) is 5.56 Å². The number of nitriles is 1. The van der Waals surface area contributed by atoms with Crippen molar-refractivity contribution >= 4 is 22.7 Å². The average Bonchev–Trinajstić information content (AvgIpc) is 3.34. The third-order valence-corrected chi connectivity index (χ3v) is 4.58. The molecule has 0 unspecified atom stereocenters. The molecule has 0 atom stereocenters. The Kier molecular flexibility index (Phi) is 3.62. The molecule has 4 aromatic rings. The molecule has 0 saturated carbocycles. The molecular weight excluding hydrogens is 358 g/mol. The van der Waals surface area contributed by atoms with E-state index in [0.717, 1.165) is 11.3 Å². The summed E-state index contributed by atoms with van der Waals surface area (Å²) >= 11 is 0. The Labute approximate surface area is 159 Å². The highest BCUT2D eigenvalue weighted by atomic mass is 16.6. The average molecular weight is 373 g/mol. The summed E-state index contributed by atoms with van der Waals surface area (Å²) in [4.78, 5) is 11.7. The molecule has 1 aliphatic rings. The van der Waals surface area contributed by atoms with Crippen LogP contribution in [-0.2, 0) is 7.05 Å². The number of H-pyrrole nitrogens is 1. The third-order valence-electron chi connectivity index (χ3n) is 4.58. The molecule has 0 amide bonds. The summed E-state index contributed by atoms with van der Waals surface area (Å²) in [5.74, 6) is 1.66. The van der Waals surface area contributed by atoms with Crippen molar-refractivity contribution in [3.8, 4) is 28.8 Å². The zero-order valence-electron chi connectivity index (χ0n) is 14.9. The van der Waals surface area contributed by atoms with Crippen molar-refractivity contribution in [1.29, 1.82) is 5.26 Å². The van der Waals surface area contributed by atoms with Crippen LogP contribution in [0.5, 0.6) is 11.5 Å². The minimum Gasteiger partial charge on any atom is -0.485 e. The number of nitrogens with one attached hydrogen (secondary N) is 2. The number of benzene rings is 1. The number of aromatic amines is 1. The molecule has 28 heavy (non-hydrogen) atoms. The lowest BCUT2D eigenvalue weighted by Gasteiger charge is -2.23. The Balaban J connectivity index is 1.56. The van der Waals surface area contributed by atoms with Crippen LogP contribution in [0.3, 0.4) is 0 Å². The molecule has 0 bridgehead atoms. The summed E-state index contributed by atoms with van der Waals surface area (Å²) in [5.41, 5.74) is 3.64. The highest BCUT2D eigenvalue weighted by Gasteiger charge is 2.23. The summed E-state index contributed by atoms with van der Waals surface area (Å²) in [6, 6.07) is 7.89. The molecule has 4 heterocycles. The first-order valence-electron chi connectivity index (χ1n) is 8.67. The normalized spacial score (nSPS) is 12.7. The Bertz CT molecular complexity index is 1240. The van der Waals surface area contributed by atoms with Gasteiger partial charge in [-0.05, 0) is 18.2 Å². The minimum absolute atomic E-state index is 0.392. The van der Waals surface area contributed by atoms with Gasteiger partial charge in [0.05, 0.1) is 22.3 Å². The molecule has 9 nitrogen and oxygen atoms in total. The van der Waals surface area contributed by atoms with Crippen LogP contribution < -0.4 is 14.8 Å². The Morgan fingerprint density at radius 2 is 2.07 bits per heavy atom. The molecule has 2 N–H and O–H groups in total. The van der Waals surface area contributed by atoms with E-state index in [4.69, 9.17) is 14.7 Å². The monoisotopic (exact) mass is 373 g/mol. The van der Waals surface area contributed by atoms with Gasteiger partial charge >= 0.3 is 0 Å². The van der Waals surface area contributed by atoms with Gasteiger partial charge in [-0.1, -0.05) is 0 Å². The van der Waals surface area contributed by atoms with Crippen molar-refractivity contribution in [2.45, 2.75) is 0 Å². The predicted octanol–water partition coefficient (Wildman–Crippen LogP) is 2.74. The fourth-order valence-corrected chi connectivity index (χ4v) is 3.26. The number of fused-ring (bicyclic) bond motifs is 2. The molecule has 0 spiro atoms. The van der Waals surface area contributed by atoms with Gasteiger partial charge in [-0.3, -0.25) is 4.68 Å². The van der Waals surface area contributed by atoms with Crippen molar-refractivity contribution in [3.05, 3.63) is 42.4 Å². The van der Waals surface area contributed by atoms with Crippen LogP contribution >= 0.6 is 0 Å². The second-order valence-electron chi connectivity index (χ2n) is 6.25. The van der Waals surface area contributed by atoms with Gasteiger partial charge in [0, 0.05) is 31.2 Å². The standard InChI is InChI=1S/C19H15N7O2/c1-26-15(4-5-23-26)12-2-3-14(17-16(12)27-6-7-28-17)24-19-22-10-13-11(8-20)9-21-18(13)25-19/h2-5,9-10H,6-7H2,1H3,(H2,21,22,24,25). The van der Waals surface area contributed by atoms with Crippen LogP contribution in [-0.4, -0.2) is 37.9 Å². The van der Waals surface area contributed by atoms with Gasteiger partial charge in [0.15, 0.2) is 11.5 Å². The van der Waals surface area contributed by atoms with Crippen molar-refractivity contribution in [2.24, 2.45) is 7.05 Å². The van der Waals surface area contributed by atoms with Gasteiger partial charge in [-0.15, -0.1) is 0 Å². The lowest BCUT2D eigenvalue weighted by atomic mass is 10.1. The molecule has 1 aromatic carbocycles. The fourth-order valence-electron chi connectivity index (χ4n) is 3.26. The van der Waals surface area contributed by atoms with E-state index in [1.54, 1.807) is 23.3 Å². The van der Waals surface area contributed by atoms with E-state index < -0.39 is 0 Å². The highest BCUT2D eigenvalue weighted by Crippen LogP contribution is 2.45. The summed E-state index contributed by atoms with van der Waals surface area (Å²) in [7, 11) is 1.88. The molecule has 3 aromatic heterocycles. The maximum Gasteiger partial charge on any atom is 0.229 e. The molecule has 9 heteroatoms. The lowest BCUT2D eigenvalue weighted by Crippen LogP contribution is -2.17. The Morgan fingerprint density at radius 3 is 2.86 bits per heavy atom. The van der Waals surface area contributed by atoms with Gasteiger partial charge in [0.1, 0.15) is 24.9 Å². The highest BCUT2D eigenvalue weighted by molar-refractivity contribution is 5.84. The van der Waals surface area contributed by atoms with Crippen LogP contribution in [0.4, 0.5) is 11.6 Å². The molecule has 5 rings (SSSR count). The number of rotatable bonds is 3. The fraction of sp³-hybridized carbons (Fsp3) is 0.158. The number of hydrogen-bond acceptors (Lipinski definition) is 7. The van der Waals surface area contributed by atoms with E-state index in [9.17, 15) is 0 Å². The summed E-state index contributed by atoms with van der Waals surface area (Å²) in [6.45, 7) is 0.932. The van der Waals surface area contributed by atoms with E-state index in [1.165, 1.54) is 0 Å². The molecule has 1 aliphatic heterocycles. The van der Waals surface area contributed by atoms with Crippen LogP contribution in [0.15, 0.2) is 36.8 Å². The summed E-state index contributed by atoms with van der Waals surface area (Å²) in [6.07, 6.45) is 4.98. The first kappa shape index (κ1) is 16.1. The van der Waals surface area contributed by atoms with E-state index in [-0.39, 0.29) is 0 Å². The lowest BCUT2D eigenvalue weighted by molar-refractivity contribution is 0.173. The Morgan fingerprint density at radius 1 is 1.21 bits per heavy atom. The maximum absolute atomic E-state index is 9.11. The van der Waals surface area contributed by atoms with Crippen molar-refractivity contribution in [1.82, 2.24) is 24.7 Å².